The summed E-state index contributed by atoms with van der Waals surface area (Å²) in [7, 11) is 0. The van der Waals surface area contributed by atoms with E-state index in [-0.39, 0.29) is 6.54 Å². The number of amides is 1. The standard InChI is InChI=1S/C15H12F3NO/c16-15(17,18)14(20)19-10-11-6-8-13(9-7-11)12-4-2-1-3-5-12/h1-9H,10H2,(H,19,20). The molecule has 104 valence electrons. The Labute approximate surface area is 114 Å². The molecule has 2 nitrogen and oxygen atoms in total. The van der Waals surface area contributed by atoms with Gasteiger partial charge < -0.3 is 5.32 Å². The summed E-state index contributed by atoms with van der Waals surface area (Å²) in [6.07, 6.45) is -4.84. The van der Waals surface area contributed by atoms with Gasteiger partial charge in [-0.1, -0.05) is 54.6 Å². The predicted octanol–water partition coefficient (Wildman–Crippen LogP) is 3.53. The Morgan fingerprint density at radius 3 is 2.00 bits per heavy atom. The van der Waals surface area contributed by atoms with Crippen LogP contribution in [-0.2, 0) is 11.3 Å². The van der Waals surface area contributed by atoms with E-state index >= 15 is 0 Å². The third-order valence-corrected chi connectivity index (χ3v) is 2.77. The van der Waals surface area contributed by atoms with Gasteiger partial charge in [0.25, 0.3) is 0 Å². The molecule has 0 aliphatic heterocycles. The molecule has 0 aliphatic rings. The van der Waals surface area contributed by atoms with Gasteiger partial charge in [0.1, 0.15) is 0 Å². The van der Waals surface area contributed by atoms with Crippen LogP contribution >= 0.6 is 0 Å². The summed E-state index contributed by atoms with van der Waals surface area (Å²) in [6, 6.07) is 16.6. The van der Waals surface area contributed by atoms with E-state index in [1.165, 1.54) is 0 Å². The quantitative estimate of drug-likeness (QED) is 0.915. The molecule has 0 atom stereocenters. The van der Waals surface area contributed by atoms with Crippen LogP contribution in [0.3, 0.4) is 0 Å². The van der Waals surface area contributed by atoms with Crippen molar-refractivity contribution < 1.29 is 18.0 Å². The lowest BCUT2D eigenvalue weighted by Crippen LogP contribution is -2.36. The van der Waals surface area contributed by atoms with E-state index in [1.54, 1.807) is 12.1 Å². The Balaban J connectivity index is 2.01. The lowest BCUT2D eigenvalue weighted by atomic mass is 10.0. The molecule has 0 saturated carbocycles. The maximum atomic E-state index is 12.0. The summed E-state index contributed by atoms with van der Waals surface area (Å²) in [5.41, 5.74) is 2.61. The Hall–Kier alpha value is -2.30. The van der Waals surface area contributed by atoms with Crippen molar-refractivity contribution in [1.82, 2.24) is 5.32 Å². The van der Waals surface area contributed by atoms with Crippen LogP contribution in [0.2, 0.25) is 0 Å². The van der Waals surface area contributed by atoms with Gasteiger partial charge in [-0.05, 0) is 16.7 Å². The Morgan fingerprint density at radius 2 is 1.45 bits per heavy atom. The molecular formula is C15H12F3NO. The van der Waals surface area contributed by atoms with Gasteiger partial charge in [0.2, 0.25) is 0 Å². The normalized spacial score (nSPS) is 11.2. The summed E-state index contributed by atoms with van der Waals surface area (Å²) >= 11 is 0. The molecule has 0 bridgehead atoms. The fraction of sp³-hybridized carbons (Fsp3) is 0.133. The second-order valence-corrected chi connectivity index (χ2v) is 4.24. The van der Waals surface area contributed by atoms with Crippen molar-refractivity contribution in [2.75, 3.05) is 0 Å². The minimum atomic E-state index is -4.84. The van der Waals surface area contributed by atoms with Gasteiger partial charge >= 0.3 is 12.1 Å². The van der Waals surface area contributed by atoms with E-state index in [0.29, 0.717) is 5.56 Å². The number of carbonyl (C=O) groups is 1. The fourth-order valence-corrected chi connectivity index (χ4v) is 1.73. The molecule has 0 saturated heterocycles. The number of hydrogen-bond acceptors (Lipinski definition) is 1. The van der Waals surface area contributed by atoms with Crippen molar-refractivity contribution in [3.63, 3.8) is 0 Å². The van der Waals surface area contributed by atoms with Crippen molar-refractivity contribution in [2.24, 2.45) is 0 Å². The summed E-state index contributed by atoms with van der Waals surface area (Å²) in [5, 5.41) is 1.83. The highest BCUT2D eigenvalue weighted by molar-refractivity contribution is 5.81. The molecule has 1 N–H and O–H groups in total. The molecule has 0 aromatic heterocycles. The van der Waals surface area contributed by atoms with Crippen LogP contribution in [0.1, 0.15) is 5.56 Å². The van der Waals surface area contributed by atoms with Crippen LogP contribution in [0.25, 0.3) is 11.1 Å². The highest BCUT2D eigenvalue weighted by Crippen LogP contribution is 2.19. The lowest BCUT2D eigenvalue weighted by Gasteiger charge is -2.08. The Morgan fingerprint density at radius 1 is 0.900 bits per heavy atom. The number of carbonyl (C=O) groups excluding carboxylic acids is 1. The van der Waals surface area contributed by atoms with Crippen LogP contribution < -0.4 is 5.32 Å². The minimum absolute atomic E-state index is 0.145. The van der Waals surface area contributed by atoms with E-state index in [1.807, 2.05) is 47.8 Å². The van der Waals surface area contributed by atoms with Crippen molar-refractivity contribution in [3.05, 3.63) is 60.2 Å². The Kier molecular flexibility index (Phi) is 4.08. The molecule has 0 unspecified atom stereocenters. The lowest BCUT2D eigenvalue weighted by molar-refractivity contribution is -0.173. The van der Waals surface area contributed by atoms with Crippen LogP contribution in [0.15, 0.2) is 54.6 Å². The van der Waals surface area contributed by atoms with Gasteiger partial charge in [-0.15, -0.1) is 0 Å². The van der Waals surface area contributed by atoms with E-state index in [9.17, 15) is 18.0 Å². The van der Waals surface area contributed by atoms with Crippen LogP contribution in [0.4, 0.5) is 13.2 Å². The first-order valence-electron chi connectivity index (χ1n) is 5.96. The zero-order valence-electron chi connectivity index (χ0n) is 10.4. The minimum Gasteiger partial charge on any atom is -0.344 e. The zero-order valence-corrected chi connectivity index (χ0v) is 10.4. The average molecular weight is 279 g/mol. The third-order valence-electron chi connectivity index (χ3n) is 2.77. The van der Waals surface area contributed by atoms with Gasteiger partial charge in [0.15, 0.2) is 0 Å². The van der Waals surface area contributed by atoms with Crippen molar-refractivity contribution in [2.45, 2.75) is 12.7 Å². The topological polar surface area (TPSA) is 29.1 Å². The molecule has 0 aliphatic carbocycles. The smallest absolute Gasteiger partial charge is 0.344 e. The third kappa shape index (κ3) is 3.60. The maximum absolute atomic E-state index is 12.0. The number of hydrogen-bond donors (Lipinski definition) is 1. The number of halogens is 3. The molecule has 0 heterocycles. The van der Waals surface area contributed by atoms with Gasteiger partial charge in [-0.25, -0.2) is 0 Å². The molecule has 0 radical (unpaired) electrons. The van der Waals surface area contributed by atoms with Crippen LogP contribution in [0, 0.1) is 0 Å². The van der Waals surface area contributed by atoms with E-state index < -0.39 is 12.1 Å². The molecule has 1 amide bonds. The highest BCUT2D eigenvalue weighted by Gasteiger charge is 2.38. The first-order chi connectivity index (χ1) is 9.47. The van der Waals surface area contributed by atoms with E-state index in [0.717, 1.165) is 11.1 Å². The molecule has 2 rings (SSSR count). The second kappa shape index (κ2) is 5.77. The van der Waals surface area contributed by atoms with E-state index in [2.05, 4.69) is 0 Å². The molecule has 0 fully saturated rings. The second-order valence-electron chi connectivity index (χ2n) is 4.24. The maximum Gasteiger partial charge on any atom is 0.471 e. The fourth-order valence-electron chi connectivity index (χ4n) is 1.73. The first-order valence-corrected chi connectivity index (χ1v) is 5.96. The number of benzene rings is 2. The Bertz CT molecular complexity index is 576. The number of alkyl halides is 3. The molecule has 0 spiro atoms. The van der Waals surface area contributed by atoms with Crippen molar-refractivity contribution >= 4 is 5.91 Å². The van der Waals surface area contributed by atoms with Crippen molar-refractivity contribution in [3.8, 4) is 11.1 Å². The largest absolute Gasteiger partial charge is 0.471 e. The molecule has 2 aromatic rings. The zero-order chi connectivity index (χ0) is 14.6. The monoisotopic (exact) mass is 279 g/mol. The number of nitrogens with one attached hydrogen (secondary N) is 1. The molecule has 20 heavy (non-hydrogen) atoms. The average Bonchev–Trinajstić information content (AvgIpc) is 2.45. The van der Waals surface area contributed by atoms with Gasteiger partial charge in [0.05, 0.1) is 0 Å². The molecule has 5 heteroatoms. The van der Waals surface area contributed by atoms with Crippen LogP contribution in [-0.4, -0.2) is 12.1 Å². The predicted molar refractivity (Wildman–Crippen MR) is 69.8 cm³/mol. The first kappa shape index (κ1) is 14.1. The van der Waals surface area contributed by atoms with E-state index in [4.69, 9.17) is 0 Å². The van der Waals surface area contributed by atoms with Gasteiger partial charge in [-0.3, -0.25) is 4.79 Å². The number of rotatable bonds is 3. The molecular weight excluding hydrogens is 267 g/mol. The van der Waals surface area contributed by atoms with Crippen LogP contribution in [0.5, 0.6) is 0 Å². The summed E-state index contributed by atoms with van der Waals surface area (Å²) in [6.45, 7) is -0.145. The van der Waals surface area contributed by atoms with Gasteiger partial charge in [0, 0.05) is 6.54 Å². The summed E-state index contributed by atoms with van der Waals surface area (Å²) in [5.74, 6) is -1.93. The van der Waals surface area contributed by atoms with Gasteiger partial charge in [-0.2, -0.15) is 13.2 Å². The summed E-state index contributed by atoms with van der Waals surface area (Å²) < 4.78 is 36.1. The van der Waals surface area contributed by atoms with Crippen molar-refractivity contribution in [1.29, 1.82) is 0 Å². The molecule has 2 aromatic carbocycles. The summed E-state index contributed by atoms with van der Waals surface area (Å²) in [4.78, 5) is 10.7. The highest BCUT2D eigenvalue weighted by atomic mass is 19.4. The SMILES string of the molecule is O=C(NCc1ccc(-c2ccccc2)cc1)C(F)(F)F.